The molecule has 0 unspecified atom stereocenters. The third kappa shape index (κ3) is 4.24. The van der Waals surface area contributed by atoms with Crippen LogP contribution in [0.2, 0.25) is 0 Å². The number of carbonyl (C=O) groups is 1. The van der Waals surface area contributed by atoms with Crippen molar-refractivity contribution in [3.05, 3.63) is 30.2 Å². The van der Waals surface area contributed by atoms with E-state index in [1.54, 1.807) is 31.6 Å². The van der Waals surface area contributed by atoms with Gasteiger partial charge in [-0.1, -0.05) is 5.16 Å². The summed E-state index contributed by atoms with van der Waals surface area (Å²) < 4.78 is 15.5. The zero-order valence-electron chi connectivity index (χ0n) is 13.9. The minimum Gasteiger partial charge on any atom is -0.461 e. The Labute approximate surface area is 140 Å². The van der Waals surface area contributed by atoms with Crippen molar-refractivity contribution in [1.29, 1.82) is 0 Å². The SMILES string of the molecule is COCCN1CCC(CNC(=O)c2cc(-c3ccco3)on2)CC1. The molecule has 0 spiro atoms. The van der Waals surface area contributed by atoms with Crippen LogP contribution in [0.25, 0.3) is 11.5 Å². The van der Waals surface area contributed by atoms with Gasteiger partial charge >= 0.3 is 0 Å². The first-order valence-electron chi connectivity index (χ1n) is 8.26. The summed E-state index contributed by atoms with van der Waals surface area (Å²) in [5.74, 6) is 1.31. The normalized spacial score (nSPS) is 16.4. The summed E-state index contributed by atoms with van der Waals surface area (Å²) in [6, 6.07) is 5.12. The van der Waals surface area contributed by atoms with E-state index in [0.29, 0.717) is 24.0 Å². The van der Waals surface area contributed by atoms with Crippen molar-refractivity contribution in [3.63, 3.8) is 0 Å². The van der Waals surface area contributed by atoms with Gasteiger partial charge in [-0.3, -0.25) is 4.79 Å². The van der Waals surface area contributed by atoms with Gasteiger partial charge in [-0.15, -0.1) is 0 Å². The maximum absolute atomic E-state index is 12.2. The van der Waals surface area contributed by atoms with Gasteiger partial charge in [0.1, 0.15) is 0 Å². The molecule has 0 aliphatic carbocycles. The average molecular weight is 333 g/mol. The number of carbonyl (C=O) groups excluding carboxylic acids is 1. The zero-order chi connectivity index (χ0) is 16.8. The van der Waals surface area contributed by atoms with Gasteiger partial charge in [0.25, 0.3) is 5.91 Å². The second-order valence-corrected chi connectivity index (χ2v) is 6.04. The van der Waals surface area contributed by atoms with Gasteiger partial charge in [0.2, 0.25) is 5.76 Å². The van der Waals surface area contributed by atoms with Crippen molar-refractivity contribution in [3.8, 4) is 11.5 Å². The van der Waals surface area contributed by atoms with Gasteiger partial charge in [0.15, 0.2) is 11.5 Å². The fraction of sp³-hybridized carbons (Fsp3) is 0.529. The van der Waals surface area contributed by atoms with Crippen LogP contribution < -0.4 is 5.32 Å². The zero-order valence-corrected chi connectivity index (χ0v) is 13.9. The van der Waals surface area contributed by atoms with E-state index in [2.05, 4.69) is 15.4 Å². The average Bonchev–Trinajstić information content (AvgIpc) is 3.29. The van der Waals surface area contributed by atoms with Gasteiger partial charge in [-0.25, -0.2) is 0 Å². The van der Waals surface area contributed by atoms with Crippen LogP contribution in [0.4, 0.5) is 0 Å². The number of ether oxygens (including phenoxy) is 1. The molecule has 1 aliphatic rings. The highest BCUT2D eigenvalue weighted by Crippen LogP contribution is 2.21. The second kappa shape index (κ2) is 8.12. The fourth-order valence-electron chi connectivity index (χ4n) is 2.88. The van der Waals surface area contributed by atoms with Crippen molar-refractivity contribution >= 4 is 5.91 Å². The van der Waals surface area contributed by atoms with Gasteiger partial charge in [-0.05, 0) is 44.0 Å². The molecule has 0 radical (unpaired) electrons. The Hall–Kier alpha value is -2.12. The molecule has 1 saturated heterocycles. The summed E-state index contributed by atoms with van der Waals surface area (Å²) in [5.41, 5.74) is 0.277. The monoisotopic (exact) mass is 333 g/mol. The number of likely N-dealkylation sites (tertiary alicyclic amines) is 1. The number of nitrogens with zero attached hydrogens (tertiary/aromatic N) is 2. The van der Waals surface area contributed by atoms with E-state index in [9.17, 15) is 4.79 Å². The number of methoxy groups -OCH3 is 1. The molecule has 0 aromatic carbocycles. The minimum absolute atomic E-state index is 0.210. The molecule has 2 aromatic rings. The van der Waals surface area contributed by atoms with Gasteiger partial charge in [-0.2, -0.15) is 0 Å². The largest absolute Gasteiger partial charge is 0.461 e. The lowest BCUT2D eigenvalue weighted by atomic mass is 9.97. The lowest BCUT2D eigenvalue weighted by Gasteiger charge is -2.31. The summed E-state index contributed by atoms with van der Waals surface area (Å²) in [4.78, 5) is 14.6. The third-order valence-electron chi connectivity index (χ3n) is 4.38. The van der Waals surface area contributed by atoms with Gasteiger partial charge < -0.3 is 23.9 Å². The van der Waals surface area contributed by atoms with Gasteiger partial charge in [0.05, 0.1) is 12.9 Å². The predicted octanol–water partition coefficient (Wildman–Crippen LogP) is 2.02. The highest BCUT2D eigenvalue weighted by molar-refractivity contribution is 5.92. The first kappa shape index (κ1) is 16.7. The molecule has 130 valence electrons. The Morgan fingerprint density at radius 2 is 2.25 bits per heavy atom. The number of rotatable bonds is 7. The van der Waals surface area contributed by atoms with Crippen molar-refractivity contribution in [2.45, 2.75) is 12.8 Å². The lowest BCUT2D eigenvalue weighted by Crippen LogP contribution is -2.39. The molecule has 1 aliphatic heterocycles. The Kier molecular flexibility index (Phi) is 5.66. The Bertz CT molecular complexity index is 630. The quantitative estimate of drug-likeness (QED) is 0.835. The molecular weight excluding hydrogens is 310 g/mol. The molecule has 0 atom stereocenters. The number of hydrogen-bond acceptors (Lipinski definition) is 6. The summed E-state index contributed by atoms with van der Waals surface area (Å²) in [5, 5.41) is 6.76. The van der Waals surface area contributed by atoms with E-state index < -0.39 is 0 Å². The van der Waals surface area contributed by atoms with E-state index >= 15 is 0 Å². The molecule has 3 heterocycles. The van der Waals surface area contributed by atoms with Crippen LogP contribution in [0.15, 0.2) is 33.4 Å². The summed E-state index contributed by atoms with van der Waals surface area (Å²) in [7, 11) is 1.73. The summed E-state index contributed by atoms with van der Waals surface area (Å²) in [6.07, 6.45) is 3.72. The molecule has 2 aromatic heterocycles. The molecular formula is C17H23N3O4. The standard InChI is InChI=1S/C17H23N3O4/c1-22-10-8-20-6-4-13(5-7-20)12-18-17(21)14-11-16(24-19-14)15-3-2-9-23-15/h2-3,9,11,13H,4-8,10,12H2,1H3,(H,18,21). The number of amides is 1. The smallest absolute Gasteiger partial charge is 0.273 e. The van der Waals surface area contributed by atoms with Crippen molar-refractivity contribution in [2.75, 3.05) is 39.9 Å². The fourth-order valence-corrected chi connectivity index (χ4v) is 2.88. The molecule has 0 bridgehead atoms. The maximum Gasteiger partial charge on any atom is 0.273 e. The highest BCUT2D eigenvalue weighted by Gasteiger charge is 2.21. The molecule has 7 heteroatoms. The third-order valence-corrected chi connectivity index (χ3v) is 4.38. The topological polar surface area (TPSA) is 80.7 Å². The van der Waals surface area contributed by atoms with Crippen LogP contribution >= 0.6 is 0 Å². The number of piperidine rings is 1. The number of aromatic nitrogens is 1. The molecule has 3 rings (SSSR count). The predicted molar refractivity (Wildman–Crippen MR) is 87.6 cm³/mol. The number of hydrogen-bond donors (Lipinski definition) is 1. The van der Waals surface area contributed by atoms with Crippen LogP contribution in [-0.2, 0) is 4.74 Å². The van der Waals surface area contributed by atoms with E-state index in [0.717, 1.165) is 39.1 Å². The van der Waals surface area contributed by atoms with E-state index in [-0.39, 0.29) is 11.6 Å². The van der Waals surface area contributed by atoms with Crippen LogP contribution in [0.5, 0.6) is 0 Å². The second-order valence-electron chi connectivity index (χ2n) is 6.04. The van der Waals surface area contributed by atoms with Crippen LogP contribution in [0.1, 0.15) is 23.3 Å². The lowest BCUT2D eigenvalue weighted by molar-refractivity contribution is 0.0917. The Balaban J connectivity index is 1.43. The highest BCUT2D eigenvalue weighted by atomic mass is 16.5. The van der Waals surface area contributed by atoms with Crippen molar-refractivity contribution < 1.29 is 18.5 Å². The van der Waals surface area contributed by atoms with E-state index in [1.165, 1.54) is 0 Å². The Morgan fingerprint density at radius 3 is 2.96 bits per heavy atom. The van der Waals surface area contributed by atoms with Crippen molar-refractivity contribution in [1.82, 2.24) is 15.4 Å². The number of nitrogens with one attached hydrogen (secondary N) is 1. The Morgan fingerprint density at radius 1 is 1.42 bits per heavy atom. The molecule has 24 heavy (non-hydrogen) atoms. The summed E-state index contributed by atoms with van der Waals surface area (Å²) >= 11 is 0. The van der Waals surface area contributed by atoms with Crippen molar-refractivity contribution in [2.24, 2.45) is 5.92 Å². The van der Waals surface area contributed by atoms with E-state index in [1.807, 2.05) is 0 Å². The minimum atomic E-state index is -0.210. The van der Waals surface area contributed by atoms with Crippen LogP contribution in [0, 0.1) is 5.92 Å². The molecule has 7 nitrogen and oxygen atoms in total. The van der Waals surface area contributed by atoms with Crippen LogP contribution in [0.3, 0.4) is 0 Å². The number of furan rings is 1. The van der Waals surface area contributed by atoms with Crippen LogP contribution in [-0.4, -0.2) is 55.9 Å². The molecule has 1 N–H and O–H groups in total. The first-order chi connectivity index (χ1) is 11.8. The van der Waals surface area contributed by atoms with E-state index in [4.69, 9.17) is 13.7 Å². The molecule has 1 amide bonds. The molecule has 0 saturated carbocycles. The summed E-state index contributed by atoms with van der Waals surface area (Å²) in [6.45, 7) is 4.52. The first-order valence-corrected chi connectivity index (χ1v) is 8.26. The molecule has 1 fully saturated rings. The maximum atomic E-state index is 12.2. The van der Waals surface area contributed by atoms with Gasteiger partial charge in [0, 0.05) is 26.3 Å².